The van der Waals surface area contributed by atoms with Gasteiger partial charge in [-0.15, -0.1) is 0 Å². The fourth-order valence-electron chi connectivity index (χ4n) is 2.76. The molecular weight excluding hydrogens is 314 g/mol. The summed E-state index contributed by atoms with van der Waals surface area (Å²) >= 11 is 5.87. The monoisotopic (exact) mass is 333 g/mol. The van der Waals surface area contributed by atoms with Crippen LogP contribution < -0.4 is 0 Å². The number of hydrogen-bond donors (Lipinski definition) is 0. The van der Waals surface area contributed by atoms with Crippen molar-refractivity contribution in [1.29, 1.82) is 0 Å². The summed E-state index contributed by atoms with van der Waals surface area (Å²) in [5, 5.41) is 4.65. The summed E-state index contributed by atoms with van der Waals surface area (Å²) in [5.74, 6) is 1.36. The lowest BCUT2D eigenvalue weighted by Gasteiger charge is -2.26. The van der Waals surface area contributed by atoms with Gasteiger partial charge in [-0.2, -0.15) is 4.98 Å². The first-order valence-corrected chi connectivity index (χ1v) is 8.46. The molecule has 2 heterocycles. The van der Waals surface area contributed by atoms with E-state index in [4.69, 9.17) is 16.1 Å². The van der Waals surface area contributed by atoms with Crippen LogP contribution in [0.5, 0.6) is 0 Å². The van der Waals surface area contributed by atoms with Crippen molar-refractivity contribution in [2.45, 2.75) is 38.5 Å². The Morgan fingerprint density at radius 1 is 1.17 bits per heavy atom. The number of aryl methyl sites for hydroxylation is 1. The third kappa shape index (κ3) is 4.32. The Morgan fingerprint density at radius 3 is 2.65 bits per heavy atom. The topological polar surface area (TPSA) is 59.2 Å². The molecule has 6 heteroatoms. The van der Waals surface area contributed by atoms with Gasteiger partial charge in [-0.05, 0) is 49.9 Å². The maximum atomic E-state index is 12.1. The largest absolute Gasteiger partial charge is 0.343 e. The Kier molecular flexibility index (Phi) is 5.28. The SMILES string of the molecule is O=C(CCCc1nc(-c2ccc(Cl)cc2)no1)N1CCCCC1. The lowest BCUT2D eigenvalue weighted by Crippen LogP contribution is -2.35. The number of likely N-dealkylation sites (tertiary alicyclic amines) is 1. The third-order valence-corrected chi connectivity index (χ3v) is 4.31. The molecule has 1 amide bonds. The molecule has 0 aliphatic carbocycles. The molecule has 0 bridgehead atoms. The van der Waals surface area contributed by atoms with Crippen LogP contribution in [0.4, 0.5) is 0 Å². The number of aromatic nitrogens is 2. The minimum absolute atomic E-state index is 0.238. The second-order valence-electron chi connectivity index (χ2n) is 5.81. The van der Waals surface area contributed by atoms with Crippen molar-refractivity contribution in [3.05, 3.63) is 35.2 Å². The Bertz CT molecular complexity index is 648. The summed E-state index contributed by atoms with van der Waals surface area (Å²) in [7, 11) is 0. The van der Waals surface area contributed by atoms with Crippen molar-refractivity contribution in [2.24, 2.45) is 0 Å². The summed E-state index contributed by atoms with van der Waals surface area (Å²) in [4.78, 5) is 18.4. The molecule has 1 aliphatic rings. The van der Waals surface area contributed by atoms with Crippen molar-refractivity contribution in [3.8, 4) is 11.4 Å². The lowest BCUT2D eigenvalue weighted by molar-refractivity contribution is -0.132. The van der Waals surface area contributed by atoms with Crippen molar-refractivity contribution < 1.29 is 9.32 Å². The van der Waals surface area contributed by atoms with Crippen LogP contribution in [-0.2, 0) is 11.2 Å². The van der Waals surface area contributed by atoms with Crippen LogP contribution in [0.15, 0.2) is 28.8 Å². The Hall–Kier alpha value is -1.88. The fraction of sp³-hybridized carbons (Fsp3) is 0.471. The number of halogens is 1. The van der Waals surface area contributed by atoms with Gasteiger partial charge in [0.1, 0.15) is 0 Å². The van der Waals surface area contributed by atoms with Gasteiger partial charge in [0.25, 0.3) is 0 Å². The summed E-state index contributed by atoms with van der Waals surface area (Å²) in [6.45, 7) is 1.81. The summed E-state index contributed by atoms with van der Waals surface area (Å²) in [6.07, 6.45) is 5.38. The van der Waals surface area contributed by atoms with E-state index < -0.39 is 0 Å². The van der Waals surface area contributed by atoms with Crippen LogP contribution in [0, 0.1) is 0 Å². The first kappa shape index (κ1) is 16.0. The maximum absolute atomic E-state index is 12.1. The predicted molar refractivity (Wildman–Crippen MR) is 88.1 cm³/mol. The van der Waals surface area contributed by atoms with Crippen LogP contribution in [0.2, 0.25) is 5.02 Å². The number of carbonyl (C=O) groups excluding carboxylic acids is 1. The summed E-state index contributed by atoms with van der Waals surface area (Å²) < 4.78 is 5.26. The zero-order chi connectivity index (χ0) is 16.1. The normalized spacial score (nSPS) is 14.9. The predicted octanol–water partition coefficient (Wildman–Crippen LogP) is 3.73. The Morgan fingerprint density at radius 2 is 1.91 bits per heavy atom. The molecule has 0 unspecified atom stereocenters. The zero-order valence-electron chi connectivity index (χ0n) is 13.0. The lowest BCUT2D eigenvalue weighted by atomic mass is 10.1. The molecular formula is C17H20ClN3O2. The molecule has 0 radical (unpaired) electrons. The van der Waals surface area contributed by atoms with Crippen molar-refractivity contribution >= 4 is 17.5 Å². The minimum atomic E-state index is 0.238. The molecule has 1 aromatic heterocycles. The van der Waals surface area contributed by atoms with E-state index in [9.17, 15) is 4.79 Å². The van der Waals surface area contributed by atoms with E-state index in [1.807, 2.05) is 17.0 Å². The highest BCUT2D eigenvalue weighted by atomic mass is 35.5. The molecule has 3 rings (SSSR count). The van der Waals surface area contributed by atoms with Gasteiger partial charge in [0.05, 0.1) is 0 Å². The molecule has 1 fully saturated rings. The molecule has 1 saturated heterocycles. The van der Waals surface area contributed by atoms with Gasteiger partial charge >= 0.3 is 0 Å². The van der Waals surface area contributed by atoms with E-state index in [-0.39, 0.29) is 5.91 Å². The molecule has 2 aromatic rings. The van der Waals surface area contributed by atoms with Gasteiger partial charge in [0.2, 0.25) is 17.6 Å². The quantitative estimate of drug-likeness (QED) is 0.836. The molecule has 122 valence electrons. The number of carbonyl (C=O) groups is 1. The maximum Gasteiger partial charge on any atom is 0.226 e. The van der Waals surface area contributed by atoms with Crippen molar-refractivity contribution in [2.75, 3.05) is 13.1 Å². The Balaban J connectivity index is 1.49. The average molecular weight is 334 g/mol. The molecule has 5 nitrogen and oxygen atoms in total. The van der Waals surface area contributed by atoms with Crippen molar-refractivity contribution in [3.63, 3.8) is 0 Å². The fourth-order valence-corrected chi connectivity index (χ4v) is 2.89. The van der Waals surface area contributed by atoms with Gasteiger partial charge in [0.15, 0.2) is 0 Å². The van der Waals surface area contributed by atoms with Crippen LogP contribution >= 0.6 is 11.6 Å². The van der Waals surface area contributed by atoms with Gasteiger partial charge in [-0.25, -0.2) is 0 Å². The van der Waals surface area contributed by atoms with Gasteiger partial charge in [0, 0.05) is 36.5 Å². The highest BCUT2D eigenvalue weighted by molar-refractivity contribution is 6.30. The zero-order valence-corrected chi connectivity index (χ0v) is 13.8. The number of amides is 1. The highest BCUT2D eigenvalue weighted by Crippen LogP contribution is 2.19. The number of hydrogen-bond acceptors (Lipinski definition) is 4. The van der Waals surface area contributed by atoms with Gasteiger partial charge < -0.3 is 9.42 Å². The standard InChI is InChI=1S/C17H20ClN3O2/c18-14-9-7-13(8-10-14)17-19-15(23-20-17)5-4-6-16(22)21-11-2-1-3-12-21/h7-10H,1-6,11-12H2. The molecule has 23 heavy (non-hydrogen) atoms. The van der Waals surface area contributed by atoms with E-state index in [1.54, 1.807) is 12.1 Å². The second kappa shape index (κ2) is 7.59. The van der Waals surface area contributed by atoms with Crippen molar-refractivity contribution in [1.82, 2.24) is 15.0 Å². The van der Waals surface area contributed by atoms with E-state index in [2.05, 4.69) is 10.1 Å². The van der Waals surface area contributed by atoms with Gasteiger partial charge in [-0.1, -0.05) is 16.8 Å². The highest BCUT2D eigenvalue weighted by Gasteiger charge is 2.16. The smallest absolute Gasteiger partial charge is 0.226 e. The van der Waals surface area contributed by atoms with Crippen LogP contribution in [0.1, 0.15) is 38.0 Å². The van der Waals surface area contributed by atoms with E-state index in [0.717, 1.165) is 37.9 Å². The molecule has 0 spiro atoms. The van der Waals surface area contributed by atoms with E-state index in [0.29, 0.717) is 29.6 Å². The minimum Gasteiger partial charge on any atom is -0.343 e. The number of piperidine rings is 1. The van der Waals surface area contributed by atoms with Crippen LogP contribution in [-0.4, -0.2) is 34.0 Å². The number of rotatable bonds is 5. The summed E-state index contributed by atoms with van der Waals surface area (Å²) in [5.41, 5.74) is 0.869. The molecule has 0 N–H and O–H groups in total. The number of nitrogens with zero attached hydrogens (tertiary/aromatic N) is 3. The van der Waals surface area contributed by atoms with E-state index in [1.165, 1.54) is 6.42 Å². The molecule has 0 atom stereocenters. The van der Waals surface area contributed by atoms with Gasteiger partial charge in [-0.3, -0.25) is 4.79 Å². The molecule has 0 saturated carbocycles. The molecule has 1 aliphatic heterocycles. The van der Waals surface area contributed by atoms with Crippen LogP contribution in [0.25, 0.3) is 11.4 Å². The Labute approximate surface area is 140 Å². The molecule has 1 aromatic carbocycles. The summed E-state index contributed by atoms with van der Waals surface area (Å²) in [6, 6.07) is 7.31. The van der Waals surface area contributed by atoms with Crippen LogP contribution in [0.3, 0.4) is 0 Å². The first-order valence-electron chi connectivity index (χ1n) is 8.09. The third-order valence-electron chi connectivity index (χ3n) is 4.06. The first-order chi connectivity index (χ1) is 11.2. The second-order valence-corrected chi connectivity index (χ2v) is 6.25. The number of benzene rings is 1. The van der Waals surface area contributed by atoms with E-state index >= 15 is 0 Å². The average Bonchev–Trinajstić information content (AvgIpc) is 3.05.